The Morgan fingerprint density at radius 2 is 1.97 bits per heavy atom. The van der Waals surface area contributed by atoms with E-state index in [2.05, 4.69) is 32.2 Å². The SMILES string of the molecule is CCc1[nH]c2nc(Sc3cnc4nccnc4c3)nc(C3C[C@H]4CCCN[C@H]4C3)c2c1Cl.O=C(O)C(F)(F)F. The van der Waals surface area contributed by atoms with Gasteiger partial charge in [-0.3, -0.25) is 4.98 Å². The van der Waals surface area contributed by atoms with Crippen LogP contribution in [0.25, 0.3) is 22.2 Å². The number of alkyl halides is 3. The van der Waals surface area contributed by atoms with Crippen molar-refractivity contribution in [2.45, 2.75) is 67.2 Å². The fourth-order valence-corrected chi connectivity index (χ4v) is 6.40. The first-order valence-corrected chi connectivity index (χ1v) is 13.7. The molecule has 2 aliphatic rings. The first kappa shape index (κ1) is 27.5. The van der Waals surface area contributed by atoms with Crippen molar-refractivity contribution in [2.75, 3.05) is 6.54 Å². The first-order valence-electron chi connectivity index (χ1n) is 12.5. The van der Waals surface area contributed by atoms with Gasteiger partial charge < -0.3 is 15.4 Å². The van der Waals surface area contributed by atoms with Crippen LogP contribution in [0.2, 0.25) is 5.02 Å². The molecule has 4 aromatic rings. The van der Waals surface area contributed by atoms with E-state index in [9.17, 15) is 13.2 Å². The summed E-state index contributed by atoms with van der Waals surface area (Å²) in [6, 6.07) is 2.57. The van der Waals surface area contributed by atoms with Gasteiger partial charge in [0, 0.05) is 41.1 Å². The number of fused-ring (bicyclic) bond motifs is 3. The number of carboxylic acids is 1. The number of carbonyl (C=O) groups is 1. The summed E-state index contributed by atoms with van der Waals surface area (Å²) in [6.45, 7) is 3.23. The molecule has 1 saturated carbocycles. The number of aryl methyl sites for hydroxylation is 1. The molecular weight excluding hydrogens is 555 g/mol. The molecule has 1 unspecified atom stereocenters. The molecule has 3 N–H and O–H groups in total. The van der Waals surface area contributed by atoms with Crippen molar-refractivity contribution in [1.82, 2.24) is 35.2 Å². The summed E-state index contributed by atoms with van der Waals surface area (Å²) in [6.07, 6.45) is 5.72. The maximum atomic E-state index is 10.6. The van der Waals surface area contributed by atoms with Crippen LogP contribution in [0.15, 0.2) is 34.7 Å². The molecule has 2 fully saturated rings. The Morgan fingerprint density at radius 1 is 1.21 bits per heavy atom. The van der Waals surface area contributed by atoms with Crippen LogP contribution >= 0.6 is 23.4 Å². The highest BCUT2D eigenvalue weighted by Crippen LogP contribution is 2.45. The Bertz CT molecular complexity index is 1500. The number of pyridine rings is 1. The Labute approximate surface area is 230 Å². The number of carboxylic acid groups (broad SMARTS) is 1. The lowest BCUT2D eigenvalue weighted by Gasteiger charge is -2.25. The predicted octanol–water partition coefficient (Wildman–Crippen LogP) is 5.54. The second-order valence-electron chi connectivity index (χ2n) is 9.49. The molecule has 206 valence electrons. The molecule has 6 rings (SSSR count). The lowest BCUT2D eigenvalue weighted by Crippen LogP contribution is -2.37. The molecule has 0 amide bonds. The number of rotatable bonds is 4. The topological polar surface area (TPSA) is 130 Å². The molecule has 9 nitrogen and oxygen atoms in total. The van der Waals surface area contributed by atoms with Crippen LogP contribution in [0.5, 0.6) is 0 Å². The van der Waals surface area contributed by atoms with Gasteiger partial charge in [0.05, 0.1) is 16.1 Å². The van der Waals surface area contributed by atoms with E-state index in [1.807, 2.05) is 12.3 Å². The molecule has 39 heavy (non-hydrogen) atoms. The highest BCUT2D eigenvalue weighted by molar-refractivity contribution is 7.99. The van der Waals surface area contributed by atoms with E-state index in [4.69, 9.17) is 31.5 Å². The van der Waals surface area contributed by atoms with Gasteiger partial charge in [-0.2, -0.15) is 13.2 Å². The summed E-state index contributed by atoms with van der Waals surface area (Å²) >= 11 is 8.32. The molecule has 3 atom stereocenters. The highest BCUT2D eigenvalue weighted by atomic mass is 35.5. The lowest BCUT2D eigenvalue weighted by atomic mass is 9.93. The average molecular weight is 580 g/mol. The molecule has 0 bridgehead atoms. The maximum absolute atomic E-state index is 10.6. The van der Waals surface area contributed by atoms with Gasteiger partial charge in [-0.25, -0.2) is 24.7 Å². The summed E-state index contributed by atoms with van der Waals surface area (Å²) < 4.78 is 31.7. The lowest BCUT2D eigenvalue weighted by molar-refractivity contribution is -0.192. The minimum atomic E-state index is -5.08. The standard InChI is InChI=1S/C23H24ClN7S.C2HF3O2/c1-2-15-19(24)18-20(13-8-12-4-3-5-25-16(12)9-13)30-23(31-22(18)29-15)32-14-10-17-21(28-11-14)27-7-6-26-17;3-2(4,5)1(6)7/h6-7,10-13,16,25H,2-5,8-9H2,1H3,(H,29,30,31);(H,6,7)/t12-,13?,16+;/m1./s1. The number of nitrogens with zero attached hydrogens (tertiary/aromatic N) is 5. The number of hydrogen-bond donors (Lipinski definition) is 3. The summed E-state index contributed by atoms with van der Waals surface area (Å²) in [5, 5.41) is 13.3. The Morgan fingerprint density at radius 3 is 2.69 bits per heavy atom. The summed E-state index contributed by atoms with van der Waals surface area (Å²) in [5.41, 5.74) is 4.34. The fourth-order valence-electron chi connectivity index (χ4n) is 5.27. The number of H-pyrrole nitrogens is 1. The molecule has 1 aliphatic carbocycles. The Hall–Kier alpha value is -3.03. The highest BCUT2D eigenvalue weighted by Gasteiger charge is 2.39. The van der Waals surface area contributed by atoms with E-state index in [-0.39, 0.29) is 0 Å². The molecule has 0 aromatic carbocycles. The minimum Gasteiger partial charge on any atom is -0.475 e. The molecular formula is C25H25ClF3N7O2S. The van der Waals surface area contributed by atoms with Gasteiger partial charge in [0.2, 0.25) is 0 Å². The van der Waals surface area contributed by atoms with E-state index in [0.717, 1.165) is 69.6 Å². The number of aliphatic carboxylic acids is 1. The molecule has 1 saturated heterocycles. The average Bonchev–Trinajstić information content (AvgIpc) is 3.49. The van der Waals surface area contributed by atoms with Crippen molar-refractivity contribution in [3.05, 3.63) is 41.1 Å². The number of halogens is 4. The van der Waals surface area contributed by atoms with Gasteiger partial charge in [-0.05, 0) is 62.4 Å². The third-order valence-electron chi connectivity index (χ3n) is 7.01. The minimum absolute atomic E-state index is 0.388. The van der Waals surface area contributed by atoms with E-state index in [1.165, 1.54) is 24.6 Å². The zero-order valence-electron chi connectivity index (χ0n) is 20.8. The summed E-state index contributed by atoms with van der Waals surface area (Å²) in [4.78, 5) is 36.3. The molecule has 0 radical (unpaired) electrons. The summed E-state index contributed by atoms with van der Waals surface area (Å²) in [5.74, 6) is -1.65. The summed E-state index contributed by atoms with van der Waals surface area (Å²) in [7, 11) is 0. The van der Waals surface area contributed by atoms with Crippen LogP contribution in [-0.4, -0.2) is 59.7 Å². The molecule has 1 aliphatic heterocycles. The van der Waals surface area contributed by atoms with Crippen LogP contribution < -0.4 is 5.32 Å². The van der Waals surface area contributed by atoms with E-state index in [0.29, 0.717) is 22.8 Å². The number of nitrogens with one attached hydrogen (secondary N) is 2. The van der Waals surface area contributed by atoms with Crippen molar-refractivity contribution in [1.29, 1.82) is 0 Å². The molecule has 4 aromatic heterocycles. The maximum Gasteiger partial charge on any atom is 0.490 e. The Kier molecular flexibility index (Phi) is 7.92. The zero-order valence-corrected chi connectivity index (χ0v) is 22.4. The number of hydrogen-bond acceptors (Lipinski definition) is 8. The van der Waals surface area contributed by atoms with Crippen molar-refractivity contribution in [3.63, 3.8) is 0 Å². The van der Waals surface area contributed by atoms with Crippen molar-refractivity contribution in [2.24, 2.45) is 5.92 Å². The monoisotopic (exact) mass is 579 g/mol. The van der Waals surface area contributed by atoms with Gasteiger partial charge in [-0.15, -0.1) is 0 Å². The Balaban J connectivity index is 0.000000392. The van der Waals surface area contributed by atoms with Crippen LogP contribution in [0, 0.1) is 5.92 Å². The smallest absolute Gasteiger partial charge is 0.475 e. The van der Waals surface area contributed by atoms with Crippen LogP contribution in [-0.2, 0) is 11.2 Å². The van der Waals surface area contributed by atoms with E-state index < -0.39 is 12.1 Å². The predicted molar refractivity (Wildman–Crippen MR) is 140 cm³/mol. The van der Waals surface area contributed by atoms with Crippen molar-refractivity contribution < 1.29 is 23.1 Å². The third-order valence-corrected chi connectivity index (χ3v) is 8.26. The van der Waals surface area contributed by atoms with Crippen molar-refractivity contribution >= 4 is 51.5 Å². The van der Waals surface area contributed by atoms with Gasteiger partial charge in [0.1, 0.15) is 11.2 Å². The van der Waals surface area contributed by atoms with Crippen LogP contribution in [0.3, 0.4) is 0 Å². The van der Waals surface area contributed by atoms with E-state index in [1.54, 1.807) is 12.4 Å². The molecule has 0 spiro atoms. The molecule has 5 heterocycles. The first-order chi connectivity index (χ1) is 18.6. The zero-order chi connectivity index (χ0) is 27.7. The van der Waals surface area contributed by atoms with Gasteiger partial charge in [0.15, 0.2) is 10.8 Å². The molecule has 14 heteroatoms. The normalized spacial score (nSPS) is 21.0. The van der Waals surface area contributed by atoms with Crippen LogP contribution in [0.1, 0.15) is 49.9 Å². The number of piperidine rings is 1. The second kappa shape index (κ2) is 11.2. The number of aromatic amines is 1. The fraction of sp³-hybridized carbons (Fsp3) is 0.440. The largest absolute Gasteiger partial charge is 0.490 e. The number of aromatic nitrogens is 6. The van der Waals surface area contributed by atoms with E-state index >= 15 is 0 Å². The van der Waals surface area contributed by atoms with Crippen LogP contribution in [0.4, 0.5) is 13.2 Å². The second-order valence-corrected chi connectivity index (χ2v) is 10.9. The third kappa shape index (κ3) is 5.94. The quantitative estimate of drug-likeness (QED) is 0.267. The van der Waals surface area contributed by atoms with Gasteiger partial charge >= 0.3 is 12.1 Å². The van der Waals surface area contributed by atoms with Gasteiger partial charge in [-0.1, -0.05) is 18.5 Å². The van der Waals surface area contributed by atoms with Gasteiger partial charge in [0.25, 0.3) is 0 Å². The van der Waals surface area contributed by atoms with Crippen molar-refractivity contribution in [3.8, 4) is 0 Å².